The largest absolute Gasteiger partial charge is 0.378 e. The number of nitrogens with zero attached hydrogens (tertiary/aromatic N) is 4. The number of pyridine rings is 1. The second-order valence-electron chi connectivity index (χ2n) is 11.1. The molecule has 1 N–H and O–H groups in total. The van der Waals surface area contributed by atoms with E-state index in [9.17, 15) is 18.0 Å². The van der Waals surface area contributed by atoms with Crippen molar-refractivity contribution in [3.63, 3.8) is 0 Å². The third-order valence-corrected chi connectivity index (χ3v) is 9.78. The molecule has 1 aromatic carbocycles. The highest BCUT2D eigenvalue weighted by Crippen LogP contribution is 2.46. The van der Waals surface area contributed by atoms with Gasteiger partial charge < -0.3 is 14.2 Å². The van der Waals surface area contributed by atoms with E-state index >= 15 is 0 Å². The van der Waals surface area contributed by atoms with Gasteiger partial charge in [0.05, 0.1) is 31.1 Å². The van der Waals surface area contributed by atoms with Crippen LogP contribution < -0.4 is 4.72 Å². The van der Waals surface area contributed by atoms with E-state index in [2.05, 4.69) is 9.29 Å². The standard InChI is InChI=1S/C30H35N5O5S/c1-33(2)41(38,39)32-29(36)22-10-11-24-25(18-22)35-19-23(30(37)34-13-15-40-16-14-34)17-21-9-6-12-31-27(21)28(35)26(24)20-7-4-3-5-8-20/h6,9-12,17-18,20H,3-5,7-8,13-16,19H2,1-2H3,(H,32,36). The summed E-state index contributed by atoms with van der Waals surface area (Å²) in [7, 11) is -1.22. The van der Waals surface area contributed by atoms with E-state index in [1.165, 1.54) is 26.1 Å². The van der Waals surface area contributed by atoms with Crippen LogP contribution in [0.3, 0.4) is 0 Å². The highest BCUT2D eigenvalue weighted by molar-refractivity contribution is 7.87. The van der Waals surface area contributed by atoms with Crippen LogP contribution in [0.1, 0.15) is 59.5 Å². The number of nitrogens with one attached hydrogen (secondary N) is 1. The van der Waals surface area contributed by atoms with Gasteiger partial charge in [-0.3, -0.25) is 14.6 Å². The second-order valence-corrected chi connectivity index (χ2v) is 13.0. The number of morpholine rings is 1. The van der Waals surface area contributed by atoms with Gasteiger partial charge in [-0.15, -0.1) is 0 Å². The van der Waals surface area contributed by atoms with Crippen molar-refractivity contribution in [2.75, 3.05) is 40.4 Å². The van der Waals surface area contributed by atoms with E-state index in [0.717, 1.165) is 57.8 Å². The molecule has 2 fully saturated rings. The van der Waals surface area contributed by atoms with Gasteiger partial charge in [-0.25, -0.2) is 4.72 Å². The van der Waals surface area contributed by atoms with Crippen molar-refractivity contribution in [3.05, 3.63) is 58.8 Å². The minimum atomic E-state index is -3.96. The van der Waals surface area contributed by atoms with Crippen LogP contribution in [0.15, 0.2) is 42.1 Å². The van der Waals surface area contributed by atoms with Gasteiger partial charge in [-0.1, -0.05) is 31.4 Å². The summed E-state index contributed by atoms with van der Waals surface area (Å²) in [6, 6.07) is 9.24. The van der Waals surface area contributed by atoms with Crippen molar-refractivity contribution in [1.82, 2.24) is 23.5 Å². The molecule has 0 bridgehead atoms. The number of rotatable bonds is 5. The lowest BCUT2D eigenvalue weighted by Crippen LogP contribution is -2.41. The normalized spacial score (nSPS) is 18.0. The number of hydrogen-bond acceptors (Lipinski definition) is 6. The zero-order valence-electron chi connectivity index (χ0n) is 23.4. The van der Waals surface area contributed by atoms with Crippen molar-refractivity contribution in [1.29, 1.82) is 0 Å². The lowest BCUT2D eigenvalue weighted by atomic mass is 9.82. The Kier molecular flexibility index (Phi) is 7.43. The molecule has 216 valence electrons. The SMILES string of the molecule is CN(C)S(=O)(=O)NC(=O)c1ccc2c(C3CCCCC3)c3n(c2c1)CC(C(=O)N1CCOCC1)=Cc1cccnc1-3. The van der Waals surface area contributed by atoms with Gasteiger partial charge in [0.1, 0.15) is 0 Å². The Morgan fingerprint density at radius 3 is 2.56 bits per heavy atom. The molecule has 0 spiro atoms. The predicted octanol–water partition coefficient (Wildman–Crippen LogP) is 3.54. The summed E-state index contributed by atoms with van der Waals surface area (Å²) in [5.41, 5.74) is 5.52. The summed E-state index contributed by atoms with van der Waals surface area (Å²) in [4.78, 5) is 33.6. The summed E-state index contributed by atoms with van der Waals surface area (Å²) >= 11 is 0. The van der Waals surface area contributed by atoms with E-state index in [-0.39, 0.29) is 11.5 Å². The molecular formula is C30H35N5O5S. The monoisotopic (exact) mass is 577 g/mol. The van der Waals surface area contributed by atoms with Crippen LogP contribution >= 0.6 is 0 Å². The third kappa shape index (κ3) is 5.18. The average Bonchev–Trinajstić information content (AvgIpc) is 3.19. The summed E-state index contributed by atoms with van der Waals surface area (Å²) in [5.74, 6) is -0.423. The van der Waals surface area contributed by atoms with Crippen LogP contribution in [0.25, 0.3) is 28.4 Å². The van der Waals surface area contributed by atoms with Crippen molar-refractivity contribution < 1.29 is 22.7 Å². The molecule has 2 aromatic heterocycles. The third-order valence-electron chi connectivity index (χ3n) is 8.38. The smallest absolute Gasteiger partial charge is 0.303 e. The molecule has 3 aromatic rings. The number of carbonyl (C=O) groups is 2. The molecular weight excluding hydrogens is 542 g/mol. The molecule has 0 atom stereocenters. The van der Waals surface area contributed by atoms with Crippen LogP contribution in [-0.2, 0) is 26.3 Å². The molecule has 1 saturated heterocycles. The van der Waals surface area contributed by atoms with Gasteiger partial charge in [0.15, 0.2) is 0 Å². The molecule has 1 saturated carbocycles. The van der Waals surface area contributed by atoms with E-state index in [4.69, 9.17) is 9.72 Å². The van der Waals surface area contributed by atoms with Crippen LogP contribution in [0.4, 0.5) is 0 Å². The summed E-state index contributed by atoms with van der Waals surface area (Å²) in [5, 5.41) is 1.01. The van der Waals surface area contributed by atoms with Crippen LogP contribution in [0.2, 0.25) is 0 Å². The van der Waals surface area contributed by atoms with E-state index in [1.807, 2.05) is 29.2 Å². The number of fused-ring (bicyclic) bond motifs is 5. The predicted molar refractivity (Wildman–Crippen MR) is 156 cm³/mol. The van der Waals surface area contributed by atoms with E-state index < -0.39 is 16.1 Å². The van der Waals surface area contributed by atoms with Gasteiger partial charge >= 0.3 is 10.2 Å². The van der Waals surface area contributed by atoms with Crippen LogP contribution in [-0.4, -0.2) is 79.4 Å². The molecule has 11 heteroatoms. The van der Waals surface area contributed by atoms with E-state index in [1.54, 1.807) is 18.3 Å². The van der Waals surface area contributed by atoms with Crippen LogP contribution in [0, 0.1) is 0 Å². The first-order valence-electron chi connectivity index (χ1n) is 14.2. The Morgan fingerprint density at radius 2 is 1.83 bits per heavy atom. The Bertz CT molecular complexity index is 1650. The molecule has 3 aliphatic rings. The highest BCUT2D eigenvalue weighted by atomic mass is 32.2. The number of amides is 2. The van der Waals surface area contributed by atoms with Gasteiger partial charge in [0, 0.05) is 61.0 Å². The van der Waals surface area contributed by atoms with Gasteiger partial charge in [-0.05, 0) is 48.6 Å². The lowest BCUT2D eigenvalue weighted by Gasteiger charge is -2.28. The first-order valence-corrected chi connectivity index (χ1v) is 15.6. The Balaban J connectivity index is 1.54. The Hall–Kier alpha value is -3.54. The topological polar surface area (TPSA) is 114 Å². The van der Waals surface area contributed by atoms with Crippen molar-refractivity contribution in [3.8, 4) is 11.4 Å². The number of carbonyl (C=O) groups excluding carboxylic acids is 2. The summed E-state index contributed by atoms with van der Waals surface area (Å²) in [6.07, 6.45) is 9.35. The fourth-order valence-electron chi connectivity index (χ4n) is 6.24. The van der Waals surface area contributed by atoms with Crippen molar-refractivity contribution in [2.24, 2.45) is 0 Å². The minimum Gasteiger partial charge on any atom is -0.378 e. The fraction of sp³-hybridized carbons (Fsp3) is 0.433. The molecule has 6 rings (SSSR count). The molecule has 10 nitrogen and oxygen atoms in total. The Labute approximate surface area is 240 Å². The molecule has 0 radical (unpaired) electrons. The average molecular weight is 578 g/mol. The molecule has 1 aliphatic carbocycles. The number of aromatic nitrogens is 2. The number of hydrogen-bond donors (Lipinski definition) is 1. The fourth-order valence-corrected chi connectivity index (χ4v) is 6.78. The van der Waals surface area contributed by atoms with Crippen molar-refractivity contribution >= 4 is 39.0 Å². The number of ether oxygens (including phenoxy) is 1. The maximum Gasteiger partial charge on any atom is 0.303 e. The summed E-state index contributed by atoms with van der Waals surface area (Å²) in [6.45, 7) is 2.40. The maximum absolute atomic E-state index is 13.8. The van der Waals surface area contributed by atoms with Crippen LogP contribution in [0.5, 0.6) is 0 Å². The molecule has 0 unspecified atom stereocenters. The minimum absolute atomic E-state index is 0.0389. The summed E-state index contributed by atoms with van der Waals surface area (Å²) < 4.78 is 35.5. The highest BCUT2D eigenvalue weighted by Gasteiger charge is 2.32. The van der Waals surface area contributed by atoms with Gasteiger partial charge in [-0.2, -0.15) is 12.7 Å². The molecule has 2 amide bonds. The molecule has 4 heterocycles. The zero-order chi connectivity index (χ0) is 28.7. The first kappa shape index (κ1) is 27.6. The lowest BCUT2D eigenvalue weighted by molar-refractivity contribution is -0.131. The quantitative estimate of drug-likeness (QED) is 0.496. The maximum atomic E-state index is 13.8. The number of benzene rings is 1. The Morgan fingerprint density at radius 1 is 1.07 bits per heavy atom. The first-order chi connectivity index (χ1) is 19.7. The van der Waals surface area contributed by atoms with Gasteiger partial charge in [0.25, 0.3) is 11.8 Å². The molecule has 41 heavy (non-hydrogen) atoms. The van der Waals surface area contributed by atoms with E-state index in [0.29, 0.717) is 44.3 Å². The molecule has 2 aliphatic heterocycles. The van der Waals surface area contributed by atoms with Gasteiger partial charge in [0.2, 0.25) is 0 Å². The zero-order valence-corrected chi connectivity index (χ0v) is 24.2. The van der Waals surface area contributed by atoms with Crippen molar-refractivity contribution in [2.45, 2.75) is 44.6 Å². The second kappa shape index (κ2) is 11.0.